The van der Waals surface area contributed by atoms with Crippen molar-refractivity contribution >= 4 is 0 Å². The third-order valence-electron chi connectivity index (χ3n) is 4.14. The van der Waals surface area contributed by atoms with Gasteiger partial charge in [0, 0.05) is 19.1 Å². The summed E-state index contributed by atoms with van der Waals surface area (Å²) in [5.41, 5.74) is 5.42. The summed E-state index contributed by atoms with van der Waals surface area (Å²) in [6, 6.07) is 0.865. The monoisotopic (exact) mass is 226 g/mol. The minimum Gasteiger partial charge on any atom is -0.379 e. The first-order valence-electron chi connectivity index (χ1n) is 6.93. The molecule has 1 saturated carbocycles. The van der Waals surface area contributed by atoms with Gasteiger partial charge in [0.2, 0.25) is 0 Å². The molecule has 94 valence electrons. The van der Waals surface area contributed by atoms with Crippen LogP contribution in [0.2, 0.25) is 0 Å². The van der Waals surface area contributed by atoms with Crippen LogP contribution in [0, 0.1) is 5.92 Å². The normalized spacial score (nSPS) is 31.3. The number of rotatable bonds is 5. The Labute approximate surface area is 99.3 Å². The fourth-order valence-electron chi connectivity index (χ4n) is 3.37. The standard InChI is InChI=1S/C13H26N2O/c14-7-10-16-11-9-15-8-3-5-12-4-1-2-6-13(12)15/h12-13H,1-11,14H2/t12-,13-/m1/s1. The maximum atomic E-state index is 5.50. The SMILES string of the molecule is NCCOCCN1CCC[C@H]2CCCC[C@H]21. The lowest BCUT2D eigenvalue weighted by Crippen LogP contribution is -2.47. The van der Waals surface area contributed by atoms with E-state index in [0.29, 0.717) is 13.2 Å². The molecule has 2 rings (SSSR count). The summed E-state index contributed by atoms with van der Waals surface area (Å²) in [6.07, 6.45) is 8.62. The van der Waals surface area contributed by atoms with Crippen LogP contribution < -0.4 is 5.73 Å². The average molecular weight is 226 g/mol. The van der Waals surface area contributed by atoms with Gasteiger partial charge in [0.25, 0.3) is 0 Å². The third-order valence-corrected chi connectivity index (χ3v) is 4.14. The highest BCUT2D eigenvalue weighted by atomic mass is 16.5. The van der Waals surface area contributed by atoms with E-state index in [0.717, 1.165) is 25.1 Å². The minimum absolute atomic E-state index is 0.645. The molecule has 3 nitrogen and oxygen atoms in total. The zero-order chi connectivity index (χ0) is 11.2. The molecule has 0 aromatic heterocycles. The molecule has 1 aliphatic carbocycles. The zero-order valence-corrected chi connectivity index (χ0v) is 10.4. The molecular formula is C13H26N2O. The topological polar surface area (TPSA) is 38.5 Å². The minimum atomic E-state index is 0.645. The predicted molar refractivity (Wildman–Crippen MR) is 66.4 cm³/mol. The van der Waals surface area contributed by atoms with E-state index < -0.39 is 0 Å². The summed E-state index contributed by atoms with van der Waals surface area (Å²) in [7, 11) is 0. The van der Waals surface area contributed by atoms with E-state index in [-0.39, 0.29) is 0 Å². The first-order chi connectivity index (χ1) is 7.92. The van der Waals surface area contributed by atoms with Gasteiger partial charge in [-0.3, -0.25) is 4.90 Å². The van der Waals surface area contributed by atoms with E-state index in [1.807, 2.05) is 0 Å². The molecule has 0 unspecified atom stereocenters. The molecule has 2 aliphatic rings. The molecule has 1 saturated heterocycles. The van der Waals surface area contributed by atoms with E-state index in [1.54, 1.807) is 0 Å². The number of ether oxygens (including phenoxy) is 1. The Hall–Kier alpha value is -0.120. The predicted octanol–water partition coefficient (Wildman–Crippen LogP) is 1.62. The quantitative estimate of drug-likeness (QED) is 0.724. The van der Waals surface area contributed by atoms with Crippen LogP contribution in [0.5, 0.6) is 0 Å². The first kappa shape index (κ1) is 12.3. The molecular weight excluding hydrogens is 200 g/mol. The molecule has 2 atom stereocenters. The molecule has 3 heteroatoms. The van der Waals surface area contributed by atoms with E-state index in [2.05, 4.69) is 4.90 Å². The van der Waals surface area contributed by atoms with Crippen molar-refractivity contribution in [3.8, 4) is 0 Å². The number of nitrogens with two attached hydrogens (primary N) is 1. The molecule has 1 aliphatic heterocycles. The van der Waals surface area contributed by atoms with Crippen LogP contribution >= 0.6 is 0 Å². The molecule has 1 heterocycles. The largest absolute Gasteiger partial charge is 0.379 e. The molecule has 0 spiro atoms. The Morgan fingerprint density at radius 3 is 2.75 bits per heavy atom. The molecule has 0 bridgehead atoms. The smallest absolute Gasteiger partial charge is 0.0594 e. The van der Waals surface area contributed by atoms with E-state index >= 15 is 0 Å². The summed E-state index contributed by atoms with van der Waals surface area (Å²) >= 11 is 0. The van der Waals surface area contributed by atoms with Gasteiger partial charge in [-0.15, -0.1) is 0 Å². The van der Waals surface area contributed by atoms with Gasteiger partial charge in [0.15, 0.2) is 0 Å². The van der Waals surface area contributed by atoms with E-state index in [9.17, 15) is 0 Å². The molecule has 0 aromatic carbocycles. The van der Waals surface area contributed by atoms with Crippen molar-refractivity contribution in [2.45, 2.75) is 44.6 Å². The Morgan fingerprint density at radius 1 is 1.06 bits per heavy atom. The number of fused-ring (bicyclic) bond motifs is 1. The van der Waals surface area contributed by atoms with Crippen LogP contribution in [0.3, 0.4) is 0 Å². The van der Waals surface area contributed by atoms with Crippen molar-refractivity contribution in [3.05, 3.63) is 0 Å². The van der Waals surface area contributed by atoms with Crippen molar-refractivity contribution in [1.29, 1.82) is 0 Å². The maximum Gasteiger partial charge on any atom is 0.0594 e. The van der Waals surface area contributed by atoms with Crippen molar-refractivity contribution in [2.75, 3.05) is 32.8 Å². The summed E-state index contributed by atoms with van der Waals surface area (Å²) in [6.45, 7) is 4.61. The fourth-order valence-corrected chi connectivity index (χ4v) is 3.37. The second kappa shape index (κ2) is 6.58. The van der Waals surface area contributed by atoms with Gasteiger partial charge in [-0.1, -0.05) is 12.8 Å². The Bertz CT molecular complexity index is 196. The van der Waals surface area contributed by atoms with E-state index in [1.165, 1.54) is 45.1 Å². The summed E-state index contributed by atoms with van der Waals surface area (Å²) < 4.78 is 5.50. The first-order valence-corrected chi connectivity index (χ1v) is 6.93. The van der Waals surface area contributed by atoms with Crippen molar-refractivity contribution in [1.82, 2.24) is 4.90 Å². The second-order valence-electron chi connectivity index (χ2n) is 5.19. The molecule has 0 radical (unpaired) electrons. The molecule has 2 fully saturated rings. The van der Waals surface area contributed by atoms with Crippen LogP contribution in [0.15, 0.2) is 0 Å². The van der Waals surface area contributed by atoms with Gasteiger partial charge in [0.05, 0.1) is 13.2 Å². The lowest BCUT2D eigenvalue weighted by atomic mass is 9.78. The van der Waals surface area contributed by atoms with Crippen molar-refractivity contribution < 1.29 is 4.74 Å². The molecule has 16 heavy (non-hydrogen) atoms. The second-order valence-corrected chi connectivity index (χ2v) is 5.19. The molecule has 0 amide bonds. The van der Waals surface area contributed by atoms with Gasteiger partial charge >= 0.3 is 0 Å². The number of hydrogen-bond acceptors (Lipinski definition) is 3. The van der Waals surface area contributed by atoms with Gasteiger partial charge in [-0.25, -0.2) is 0 Å². The highest BCUT2D eigenvalue weighted by molar-refractivity contribution is 4.87. The number of piperidine rings is 1. The van der Waals surface area contributed by atoms with Crippen LogP contribution in [0.4, 0.5) is 0 Å². The Balaban J connectivity index is 1.74. The third kappa shape index (κ3) is 3.19. The van der Waals surface area contributed by atoms with E-state index in [4.69, 9.17) is 10.5 Å². The molecule has 0 aromatic rings. The van der Waals surface area contributed by atoms with Crippen LogP contribution in [0.25, 0.3) is 0 Å². The van der Waals surface area contributed by atoms with Crippen LogP contribution in [0.1, 0.15) is 38.5 Å². The van der Waals surface area contributed by atoms with Gasteiger partial charge in [-0.05, 0) is 38.1 Å². The Kier molecular flexibility index (Phi) is 5.07. The average Bonchev–Trinajstić information content (AvgIpc) is 2.35. The van der Waals surface area contributed by atoms with Crippen molar-refractivity contribution in [3.63, 3.8) is 0 Å². The van der Waals surface area contributed by atoms with Crippen molar-refractivity contribution in [2.24, 2.45) is 11.7 Å². The highest BCUT2D eigenvalue weighted by Gasteiger charge is 2.32. The lowest BCUT2D eigenvalue weighted by molar-refractivity contribution is 0.0305. The van der Waals surface area contributed by atoms with Crippen LogP contribution in [-0.2, 0) is 4.74 Å². The van der Waals surface area contributed by atoms with Gasteiger partial charge < -0.3 is 10.5 Å². The fraction of sp³-hybridized carbons (Fsp3) is 1.00. The van der Waals surface area contributed by atoms with Crippen LogP contribution in [-0.4, -0.2) is 43.8 Å². The zero-order valence-electron chi connectivity index (χ0n) is 10.4. The summed E-state index contributed by atoms with van der Waals surface area (Å²) in [5, 5.41) is 0. The lowest BCUT2D eigenvalue weighted by Gasteiger charge is -2.44. The Morgan fingerprint density at radius 2 is 1.88 bits per heavy atom. The van der Waals surface area contributed by atoms with Gasteiger partial charge in [-0.2, -0.15) is 0 Å². The summed E-state index contributed by atoms with van der Waals surface area (Å²) in [4.78, 5) is 2.67. The van der Waals surface area contributed by atoms with Gasteiger partial charge in [0.1, 0.15) is 0 Å². The number of likely N-dealkylation sites (tertiary alicyclic amines) is 1. The number of nitrogens with zero attached hydrogens (tertiary/aromatic N) is 1. The highest BCUT2D eigenvalue weighted by Crippen LogP contribution is 2.34. The summed E-state index contributed by atoms with van der Waals surface area (Å²) in [5.74, 6) is 0.983. The number of hydrogen-bond donors (Lipinski definition) is 1. The molecule has 2 N–H and O–H groups in total. The maximum absolute atomic E-state index is 5.50.